The van der Waals surface area contributed by atoms with Crippen LogP contribution in [0.2, 0.25) is 0 Å². The van der Waals surface area contributed by atoms with Crippen LogP contribution < -0.4 is 5.32 Å². The van der Waals surface area contributed by atoms with Crippen LogP contribution in [0.25, 0.3) is 0 Å². The van der Waals surface area contributed by atoms with Gasteiger partial charge in [-0.3, -0.25) is 4.79 Å². The highest BCUT2D eigenvalue weighted by molar-refractivity contribution is 5.99. The van der Waals surface area contributed by atoms with E-state index in [0.717, 1.165) is 17.5 Å². The van der Waals surface area contributed by atoms with Crippen LogP contribution in [0.5, 0.6) is 0 Å². The van der Waals surface area contributed by atoms with Gasteiger partial charge in [0.15, 0.2) is 5.78 Å². The lowest BCUT2D eigenvalue weighted by molar-refractivity contribution is 0.0987. The van der Waals surface area contributed by atoms with Crippen molar-refractivity contribution >= 4 is 5.78 Å². The smallest absolute Gasteiger partial charge is 0.176 e. The lowest BCUT2D eigenvalue weighted by Gasteiger charge is -2.12. The molecule has 0 aliphatic carbocycles. The maximum atomic E-state index is 12.1. The molecule has 1 aromatic rings. The third-order valence-corrected chi connectivity index (χ3v) is 3.36. The second-order valence-corrected chi connectivity index (χ2v) is 4.86. The molecule has 17 heavy (non-hydrogen) atoms. The van der Waals surface area contributed by atoms with E-state index < -0.39 is 0 Å². The molecule has 2 nitrogen and oxygen atoms in total. The lowest BCUT2D eigenvalue weighted by atomic mass is 9.98. The Kier molecular flexibility index (Phi) is 4.88. The summed E-state index contributed by atoms with van der Waals surface area (Å²) in [5.41, 5.74) is 4.35. The molecule has 0 aliphatic rings. The van der Waals surface area contributed by atoms with Gasteiger partial charge in [-0.25, -0.2) is 0 Å². The molecule has 1 aromatic carbocycles. The van der Waals surface area contributed by atoms with E-state index in [1.807, 2.05) is 19.9 Å². The van der Waals surface area contributed by atoms with Crippen LogP contribution in [-0.2, 0) is 0 Å². The SMILES string of the molecule is CCC(C)NCC(=O)c1cc(C)c(C)cc1C. The van der Waals surface area contributed by atoms with Gasteiger partial charge in [-0.05, 0) is 56.9 Å². The molecule has 2 heteroatoms. The predicted molar refractivity (Wildman–Crippen MR) is 72.7 cm³/mol. The summed E-state index contributed by atoms with van der Waals surface area (Å²) >= 11 is 0. The minimum absolute atomic E-state index is 0.186. The number of ketones is 1. The zero-order valence-electron chi connectivity index (χ0n) is 11.6. The minimum Gasteiger partial charge on any atom is -0.307 e. The van der Waals surface area contributed by atoms with Gasteiger partial charge in [-0.15, -0.1) is 0 Å². The molecule has 94 valence electrons. The Morgan fingerprint density at radius 2 is 1.76 bits per heavy atom. The van der Waals surface area contributed by atoms with Crippen LogP contribution in [0.4, 0.5) is 0 Å². The molecule has 1 unspecified atom stereocenters. The Morgan fingerprint density at radius 3 is 2.35 bits per heavy atom. The van der Waals surface area contributed by atoms with Crippen LogP contribution in [-0.4, -0.2) is 18.4 Å². The van der Waals surface area contributed by atoms with Gasteiger partial charge in [0.2, 0.25) is 0 Å². The van der Waals surface area contributed by atoms with E-state index in [-0.39, 0.29) is 5.78 Å². The number of aryl methyl sites for hydroxylation is 3. The van der Waals surface area contributed by atoms with Crippen LogP contribution in [0.3, 0.4) is 0 Å². The zero-order valence-corrected chi connectivity index (χ0v) is 11.6. The maximum absolute atomic E-state index is 12.1. The Morgan fingerprint density at radius 1 is 1.18 bits per heavy atom. The Balaban J connectivity index is 2.79. The third kappa shape index (κ3) is 3.67. The maximum Gasteiger partial charge on any atom is 0.176 e. The highest BCUT2D eigenvalue weighted by atomic mass is 16.1. The molecule has 0 radical (unpaired) electrons. The first-order valence-corrected chi connectivity index (χ1v) is 6.30. The van der Waals surface area contributed by atoms with Gasteiger partial charge in [0.1, 0.15) is 0 Å². The standard InChI is InChI=1S/C15H23NO/c1-6-13(5)16-9-15(17)14-8-11(3)10(2)7-12(14)4/h7-8,13,16H,6,9H2,1-5H3. The number of Topliss-reactive ketones (excluding diaryl/α,β-unsaturated/α-hetero) is 1. The second kappa shape index (κ2) is 5.97. The van der Waals surface area contributed by atoms with Crippen molar-refractivity contribution in [1.29, 1.82) is 0 Å². The first-order chi connectivity index (χ1) is 7.95. The van der Waals surface area contributed by atoms with Crippen LogP contribution in [0.15, 0.2) is 12.1 Å². The topological polar surface area (TPSA) is 29.1 Å². The van der Waals surface area contributed by atoms with Gasteiger partial charge in [-0.1, -0.05) is 13.0 Å². The number of rotatable bonds is 5. The van der Waals surface area contributed by atoms with E-state index in [9.17, 15) is 4.79 Å². The fourth-order valence-corrected chi connectivity index (χ4v) is 1.77. The summed E-state index contributed by atoms with van der Waals surface area (Å²) in [6.45, 7) is 10.8. The largest absolute Gasteiger partial charge is 0.307 e. The van der Waals surface area contributed by atoms with E-state index in [2.05, 4.69) is 32.2 Å². The molecular weight excluding hydrogens is 210 g/mol. The summed E-state index contributed by atoms with van der Waals surface area (Å²) in [6.07, 6.45) is 1.04. The summed E-state index contributed by atoms with van der Waals surface area (Å²) in [7, 11) is 0. The molecule has 1 N–H and O–H groups in total. The van der Waals surface area contributed by atoms with Gasteiger partial charge in [-0.2, -0.15) is 0 Å². The molecule has 1 atom stereocenters. The van der Waals surface area contributed by atoms with E-state index in [1.165, 1.54) is 11.1 Å². The van der Waals surface area contributed by atoms with Crippen molar-refractivity contribution in [1.82, 2.24) is 5.32 Å². The number of carbonyl (C=O) groups is 1. The van der Waals surface area contributed by atoms with Crippen molar-refractivity contribution in [2.45, 2.75) is 47.1 Å². The Hall–Kier alpha value is -1.15. The van der Waals surface area contributed by atoms with Gasteiger partial charge in [0.05, 0.1) is 6.54 Å². The summed E-state index contributed by atoms with van der Waals surface area (Å²) < 4.78 is 0. The number of benzene rings is 1. The zero-order chi connectivity index (χ0) is 13.0. The number of nitrogens with one attached hydrogen (secondary N) is 1. The van der Waals surface area contributed by atoms with Crippen molar-refractivity contribution in [3.63, 3.8) is 0 Å². The van der Waals surface area contributed by atoms with Gasteiger partial charge >= 0.3 is 0 Å². The van der Waals surface area contributed by atoms with Crippen molar-refractivity contribution in [3.05, 3.63) is 34.4 Å². The van der Waals surface area contributed by atoms with E-state index in [1.54, 1.807) is 0 Å². The van der Waals surface area contributed by atoms with Crippen LogP contribution >= 0.6 is 0 Å². The van der Waals surface area contributed by atoms with E-state index in [0.29, 0.717) is 12.6 Å². The van der Waals surface area contributed by atoms with Crippen molar-refractivity contribution in [3.8, 4) is 0 Å². The molecule has 0 saturated carbocycles. The van der Waals surface area contributed by atoms with E-state index >= 15 is 0 Å². The Bertz CT molecular complexity index is 410. The summed E-state index contributed by atoms with van der Waals surface area (Å²) in [6, 6.07) is 4.49. The molecule has 0 heterocycles. The average molecular weight is 233 g/mol. The monoisotopic (exact) mass is 233 g/mol. The van der Waals surface area contributed by atoms with Crippen molar-refractivity contribution < 1.29 is 4.79 Å². The average Bonchev–Trinajstić information content (AvgIpc) is 2.30. The normalized spacial score (nSPS) is 12.5. The fraction of sp³-hybridized carbons (Fsp3) is 0.533. The van der Waals surface area contributed by atoms with Crippen molar-refractivity contribution in [2.75, 3.05) is 6.54 Å². The first kappa shape index (κ1) is 13.9. The molecule has 0 bridgehead atoms. The van der Waals surface area contributed by atoms with Gasteiger partial charge in [0, 0.05) is 11.6 Å². The summed E-state index contributed by atoms with van der Waals surface area (Å²) in [5.74, 6) is 0.186. The van der Waals surface area contributed by atoms with Gasteiger partial charge < -0.3 is 5.32 Å². The molecule has 1 rings (SSSR count). The molecule has 0 aromatic heterocycles. The van der Waals surface area contributed by atoms with Crippen molar-refractivity contribution in [2.24, 2.45) is 0 Å². The first-order valence-electron chi connectivity index (χ1n) is 6.30. The fourth-order valence-electron chi connectivity index (χ4n) is 1.77. The number of hydrogen-bond acceptors (Lipinski definition) is 2. The van der Waals surface area contributed by atoms with Crippen LogP contribution in [0.1, 0.15) is 47.3 Å². The van der Waals surface area contributed by atoms with Gasteiger partial charge in [0.25, 0.3) is 0 Å². The molecule has 0 spiro atoms. The third-order valence-electron chi connectivity index (χ3n) is 3.36. The molecule has 0 saturated heterocycles. The second-order valence-electron chi connectivity index (χ2n) is 4.86. The number of carbonyl (C=O) groups excluding carboxylic acids is 1. The molecule has 0 fully saturated rings. The Labute approximate surface area is 104 Å². The summed E-state index contributed by atoms with van der Waals surface area (Å²) in [4.78, 5) is 12.1. The minimum atomic E-state index is 0.186. The van der Waals surface area contributed by atoms with Crippen LogP contribution in [0, 0.1) is 20.8 Å². The molecular formula is C15H23NO. The lowest BCUT2D eigenvalue weighted by Crippen LogP contribution is -2.31. The highest BCUT2D eigenvalue weighted by Crippen LogP contribution is 2.15. The molecule has 0 aliphatic heterocycles. The highest BCUT2D eigenvalue weighted by Gasteiger charge is 2.11. The predicted octanol–water partition coefficient (Wildman–Crippen LogP) is 3.18. The molecule has 0 amide bonds. The van der Waals surface area contributed by atoms with E-state index in [4.69, 9.17) is 0 Å². The number of hydrogen-bond donors (Lipinski definition) is 1. The quantitative estimate of drug-likeness (QED) is 0.791. The summed E-state index contributed by atoms with van der Waals surface area (Å²) in [5, 5.41) is 3.24.